The van der Waals surface area contributed by atoms with Gasteiger partial charge < -0.3 is 0 Å². The van der Waals surface area contributed by atoms with Crippen LogP contribution in [0.25, 0.3) is 0 Å². The molecule has 2 fully saturated rings. The van der Waals surface area contributed by atoms with E-state index in [0.717, 1.165) is 24.0 Å². The average Bonchev–Trinajstić information content (AvgIpc) is 2.47. The van der Waals surface area contributed by atoms with E-state index < -0.39 is 4.33 Å². The summed E-state index contributed by atoms with van der Waals surface area (Å²) in [4.78, 5) is 1.93. The van der Waals surface area contributed by atoms with E-state index in [-0.39, 0.29) is 0 Å². The molecule has 18 heavy (non-hydrogen) atoms. The predicted molar refractivity (Wildman–Crippen MR) is 75.3 cm³/mol. The number of nitrogens with zero attached hydrogens (tertiary/aromatic N) is 2. The molecule has 2 bridgehead atoms. The van der Waals surface area contributed by atoms with E-state index in [0.29, 0.717) is 0 Å². The van der Waals surface area contributed by atoms with E-state index in [1.165, 1.54) is 22.4 Å². The van der Waals surface area contributed by atoms with Crippen molar-refractivity contribution in [2.45, 2.75) is 17.2 Å². The molecule has 0 saturated heterocycles. The van der Waals surface area contributed by atoms with Gasteiger partial charge in [0.05, 0.1) is 6.42 Å². The van der Waals surface area contributed by atoms with Crippen LogP contribution in [0, 0.1) is 6.20 Å². The second-order valence-corrected chi connectivity index (χ2v) is 6.79. The van der Waals surface area contributed by atoms with Crippen molar-refractivity contribution in [3.05, 3.63) is 34.1 Å². The summed E-state index contributed by atoms with van der Waals surface area (Å²) in [5.41, 5.74) is 7.35. The van der Waals surface area contributed by atoms with E-state index in [1.807, 2.05) is 19.0 Å². The first-order chi connectivity index (χ1) is 8.34. The molecule has 0 unspecified atom stereocenters. The van der Waals surface area contributed by atoms with Gasteiger partial charge in [0.25, 0.3) is 0 Å². The van der Waals surface area contributed by atoms with Gasteiger partial charge in [-0.1, -0.05) is 23.2 Å². The normalized spacial score (nSPS) is 25.4. The number of fused-ring (bicyclic) bond motifs is 3. The number of hydrogen-bond donors (Lipinski definition) is 0. The minimum Gasteiger partial charge on any atom is -0.260 e. The number of allylic oxidation sites excluding steroid dienone is 5. The molecule has 0 atom stereocenters. The van der Waals surface area contributed by atoms with Crippen molar-refractivity contribution in [3.8, 4) is 0 Å². The Morgan fingerprint density at radius 1 is 1.22 bits per heavy atom. The summed E-state index contributed by atoms with van der Waals surface area (Å²) in [5.74, 6) is 0. The molecule has 94 valence electrons. The highest BCUT2D eigenvalue weighted by Crippen LogP contribution is 2.63. The Kier molecular flexibility index (Phi) is 2.45. The quantitative estimate of drug-likeness (QED) is 0.310. The molecule has 4 heteroatoms. The van der Waals surface area contributed by atoms with E-state index in [2.05, 4.69) is 24.9 Å². The molecule has 0 aliphatic heterocycles. The van der Waals surface area contributed by atoms with Crippen molar-refractivity contribution in [1.29, 1.82) is 0 Å². The number of alkyl halides is 2. The lowest BCUT2D eigenvalue weighted by molar-refractivity contribution is -0.465. The molecule has 0 aromatic carbocycles. The average molecular weight is 283 g/mol. The number of halogens is 2. The van der Waals surface area contributed by atoms with Crippen LogP contribution in [0.5, 0.6) is 0 Å². The molecule has 0 N–H and O–H groups in total. The molecule has 2 saturated carbocycles. The molecule has 0 aromatic rings. The van der Waals surface area contributed by atoms with Gasteiger partial charge in [-0.2, -0.15) is 0 Å². The van der Waals surface area contributed by atoms with Crippen molar-refractivity contribution in [2.24, 2.45) is 0 Å². The van der Waals surface area contributed by atoms with Gasteiger partial charge in [-0.25, -0.2) is 4.58 Å². The van der Waals surface area contributed by atoms with Crippen LogP contribution < -0.4 is 0 Å². The Morgan fingerprint density at radius 2 is 1.89 bits per heavy atom. The Labute approximate surface area is 118 Å². The molecule has 3 aliphatic rings. The minimum absolute atomic E-state index is 0.819. The Bertz CT molecular complexity index is 571. The van der Waals surface area contributed by atoms with Crippen molar-refractivity contribution < 1.29 is 4.58 Å². The summed E-state index contributed by atoms with van der Waals surface area (Å²) in [6.07, 6.45) is 5.18. The molecule has 2 nitrogen and oxygen atoms in total. The molecule has 0 aromatic heterocycles. The summed E-state index contributed by atoms with van der Waals surface area (Å²) < 4.78 is 1.34. The Hall–Kier alpha value is -0.820. The summed E-state index contributed by atoms with van der Waals surface area (Å²) in [6, 6.07) is 0. The first kappa shape index (κ1) is 12.2. The lowest BCUT2D eigenvalue weighted by Crippen LogP contribution is -2.28. The standard InChI is InChI=1S/C14H16Cl2N2/c1-17(2)7-8-5-10-9-6-11(18(3)4)12(9)13(8)14(10,15)16/h5-6H2,1-4H3/q+2. The van der Waals surface area contributed by atoms with Gasteiger partial charge >= 0.3 is 0 Å². The second kappa shape index (κ2) is 3.60. The van der Waals surface area contributed by atoms with Gasteiger partial charge in [0.1, 0.15) is 25.2 Å². The highest BCUT2D eigenvalue weighted by molar-refractivity contribution is 6.55. The molecular formula is C14H16Cl2N2+2. The van der Waals surface area contributed by atoms with Crippen LogP contribution in [0.15, 0.2) is 27.9 Å². The van der Waals surface area contributed by atoms with Gasteiger partial charge in [0, 0.05) is 31.7 Å². The van der Waals surface area contributed by atoms with Crippen molar-refractivity contribution in [1.82, 2.24) is 4.90 Å². The lowest BCUT2D eigenvalue weighted by Gasteiger charge is -2.20. The fourth-order valence-corrected chi connectivity index (χ4v) is 3.81. The van der Waals surface area contributed by atoms with Crippen LogP contribution >= 0.6 is 23.2 Å². The van der Waals surface area contributed by atoms with E-state index >= 15 is 0 Å². The van der Waals surface area contributed by atoms with Crippen molar-refractivity contribution in [3.63, 3.8) is 0 Å². The van der Waals surface area contributed by atoms with Gasteiger partial charge in [-0.15, -0.1) is 0 Å². The molecule has 0 radical (unpaired) electrons. The molecule has 0 heterocycles. The van der Waals surface area contributed by atoms with Gasteiger partial charge in [0.15, 0.2) is 6.20 Å². The van der Waals surface area contributed by atoms with Crippen LogP contribution in [0.2, 0.25) is 0 Å². The van der Waals surface area contributed by atoms with Gasteiger partial charge in [-0.05, 0) is 0 Å². The van der Waals surface area contributed by atoms with Gasteiger partial charge in [0.2, 0.25) is 15.6 Å². The monoisotopic (exact) mass is 282 g/mol. The van der Waals surface area contributed by atoms with E-state index in [9.17, 15) is 0 Å². The van der Waals surface area contributed by atoms with E-state index in [1.54, 1.807) is 0 Å². The second-order valence-electron chi connectivity index (χ2n) is 5.46. The summed E-state index contributed by atoms with van der Waals surface area (Å²) in [5, 5.41) is 0. The maximum absolute atomic E-state index is 6.55. The Balaban J connectivity index is 2.19. The number of rotatable bonds is 1. The fourth-order valence-electron chi connectivity index (χ4n) is 3.03. The molecule has 0 amide bonds. The first-order valence-corrected chi connectivity index (χ1v) is 6.78. The van der Waals surface area contributed by atoms with E-state index in [4.69, 9.17) is 23.2 Å². The van der Waals surface area contributed by atoms with Crippen LogP contribution in [0.3, 0.4) is 0 Å². The SMILES string of the molecule is CN(C)[C+]=C1CC2=C3CC(=[N+](C)C)C3=C1C2(Cl)Cl. The molecular weight excluding hydrogens is 267 g/mol. The van der Waals surface area contributed by atoms with Crippen LogP contribution in [-0.4, -0.2) is 47.7 Å². The zero-order valence-electron chi connectivity index (χ0n) is 11.1. The van der Waals surface area contributed by atoms with Crippen LogP contribution in [0.4, 0.5) is 0 Å². The third kappa shape index (κ3) is 1.37. The largest absolute Gasteiger partial charge is 0.260 e. The minimum atomic E-state index is -0.819. The Morgan fingerprint density at radius 3 is 2.44 bits per heavy atom. The zero-order valence-corrected chi connectivity index (χ0v) is 12.6. The molecule has 3 aliphatic carbocycles. The van der Waals surface area contributed by atoms with Crippen LogP contribution in [-0.2, 0) is 0 Å². The molecule has 3 rings (SSSR count). The lowest BCUT2D eigenvalue weighted by atomic mass is 9.77. The predicted octanol–water partition coefficient (Wildman–Crippen LogP) is 2.54. The maximum atomic E-state index is 6.55. The summed E-state index contributed by atoms with van der Waals surface area (Å²) in [6.45, 7) is 0. The maximum Gasteiger partial charge on any atom is 0.231 e. The highest BCUT2D eigenvalue weighted by Gasteiger charge is 2.64. The van der Waals surface area contributed by atoms with Crippen molar-refractivity contribution in [2.75, 3.05) is 28.2 Å². The first-order valence-electron chi connectivity index (χ1n) is 6.03. The topological polar surface area (TPSA) is 6.25 Å². The summed E-state index contributed by atoms with van der Waals surface area (Å²) in [7, 11) is 8.08. The third-order valence-corrected chi connectivity index (χ3v) is 4.63. The summed E-state index contributed by atoms with van der Waals surface area (Å²) >= 11 is 13.1. The highest BCUT2D eigenvalue weighted by atomic mass is 35.5. The smallest absolute Gasteiger partial charge is 0.231 e. The fraction of sp³-hybridized carbons (Fsp3) is 0.500. The third-order valence-electron chi connectivity index (χ3n) is 3.80. The van der Waals surface area contributed by atoms with Crippen LogP contribution in [0.1, 0.15) is 12.8 Å². The zero-order chi connectivity index (χ0) is 13.2. The number of hydrogen-bond acceptors (Lipinski definition) is 1. The van der Waals surface area contributed by atoms with Crippen molar-refractivity contribution >= 4 is 28.9 Å². The van der Waals surface area contributed by atoms with Gasteiger partial charge in [-0.3, -0.25) is 4.90 Å². The molecule has 0 spiro atoms.